The topological polar surface area (TPSA) is 17.1 Å². The number of aryl methyl sites for hydroxylation is 2. The molecule has 0 aromatic heterocycles. The Morgan fingerprint density at radius 3 is 1.58 bits per heavy atom. The van der Waals surface area contributed by atoms with Crippen LogP contribution in [0.25, 0.3) is 0 Å². The maximum atomic E-state index is 11.3. The normalized spacial score (nSPS) is 10.7. The fourth-order valence-electron chi connectivity index (χ4n) is 2.19. The maximum Gasteiger partial charge on any atom is 0.222 e. The molecular formula is C17H17ClO. The summed E-state index contributed by atoms with van der Waals surface area (Å²) in [7, 11) is 0. The van der Waals surface area contributed by atoms with Gasteiger partial charge in [-0.3, -0.25) is 4.79 Å². The first-order valence-corrected chi connectivity index (χ1v) is 6.75. The highest BCUT2D eigenvalue weighted by atomic mass is 35.5. The molecule has 0 aliphatic carbocycles. The molecule has 2 rings (SSSR count). The Balaban J connectivity index is 2.37. The highest BCUT2D eigenvalue weighted by molar-refractivity contribution is 6.63. The average Bonchev–Trinajstić information content (AvgIpc) is 2.38. The first kappa shape index (κ1) is 13.8. The Kier molecular flexibility index (Phi) is 4.39. The molecule has 0 bridgehead atoms. The molecule has 0 radical (unpaired) electrons. The molecule has 0 fully saturated rings. The zero-order valence-electron chi connectivity index (χ0n) is 11.2. The molecule has 19 heavy (non-hydrogen) atoms. The van der Waals surface area contributed by atoms with Crippen molar-refractivity contribution in [3.8, 4) is 0 Å². The largest absolute Gasteiger partial charge is 0.281 e. The summed E-state index contributed by atoms with van der Waals surface area (Å²) in [5.41, 5.74) is 4.68. The van der Waals surface area contributed by atoms with Crippen molar-refractivity contribution in [2.75, 3.05) is 0 Å². The Labute approximate surface area is 119 Å². The standard InChI is InChI=1S/C17H17ClO/c1-12-3-7-14(8-4-12)16(11-17(18)19)15-9-5-13(2)6-10-15/h3-10,16H,11H2,1-2H3. The minimum Gasteiger partial charge on any atom is -0.281 e. The van der Waals surface area contributed by atoms with Gasteiger partial charge >= 0.3 is 0 Å². The monoisotopic (exact) mass is 272 g/mol. The fourth-order valence-corrected chi connectivity index (χ4v) is 2.34. The molecule has 0 heterocycles. The Morgan fingerprint density at radius 2 is 1.26 bits per heavy atom. The molecule has 0 unspecified atom stereocenters. The van der Waals surface area contributed by atoms with Crippen LogP contribution in [0.2, 0.25) is 0 Å². The fraction of sp³-hybridized carbons (Fsp3) is 0.235. The van der Waals surface area contributed by atoms with Crippen LogP contribution in [0.4, 0.5) is 0 Å². The second kappa shape index (κ2) is 6.03. The van der Waals surface area contributed by atoms with Gasteiger partial charge in [0.2, 0.25) is 5.24 Å². The first-order valence-electron chi connectivity index (χ1n) is 6.37. The van der Waals surface area contributed by atoms with Crippen molar-refractivity contribution in [2.24, 2.45) is 0 Å². The molecular weight excluding hydrogens is 256 g/mol. The van der Waals surface area contributed by atoms with Crippen molar-refractivity contribution in [2.45, 2.75) is 26.2 Å². The molecule has 0 aliphatic rings. The summed E-state index contributed by atoms with van der Waals surface area (Å²) in [6.45, 7) is 4.11. The predicted molar refractivity (Wildman–Crippen MR) is 79.7 cm³/mol. The van der Waals surface area contributed by atoms with Crippen molar-refractivity contribution < 1.29 is 4.79 Å². The van der Waals surface area contributed by atoms with E-state index in [4.69, 9.17) is 11.6 Å². The van der Waals surface area contributed by atoms with Crippen LogP contribution in [0.1, 0.15) is 34.6 Å². The van der Waals surface area contributed by atoms with E-state index in [0.717, 1.165) is 11.1 Å². The van der Waals surface area contributed by atoms with Crippen molar-refractivity contribution in [1.29, 1.82) is 0 Å². The summed E-state index contributed by atoms with van der Waals surface area (Å²) >= 11 is 5.60. The molecule has 0 amide bonds. The Bertz CT molecular complexity index is 509. The summed E-state index contributed by atoms with van der Waals surface area (Å²) in [4.78, 5) is 11.3. The number of hydrogen-bond acceptors (Lipinski definition) is 1. The number of halogens is 1. The van der Waals surface area contributed by atoms with Crippen molar-refractivity contribution in [3.05, 3.63) is 70.8 Å². The van der Waals surface area contributed by atoms with Gasteiger partial charge in [0.1, 0.15) is 0 Å². The first-order chi connectivity index (χ1) is 9.06. The highest BCUT2D eigenvalue weighted by Gasteiger charge is 2.17. The van der Waals surface area contributed by atoms with E-state index in [1.807, 2.05) is 0 Å². The summed E-state index contributed by atoms with van der Waals surface area (Å²) < 4.78 is 0. The third-order valence-corrected chi connectivity index (χ3v) is 3.48. The predicted octanol–water partition coefficient (Wildman–Crippen LogP) is 4.59. The summed E-state index contributed by atoms with van der Waals surface area (Å²) in [6.07, 6.45) is 0.327. The number of benzene rings is 2. The third kappa shape index (κ3) is 3.68. The molecule has 0 N–H and O–H groups in total. The van der Waals surface area contributed by atoms with E-state index in [2.05, 4.69) is 62.4 Å². The van der Waals surface area contributed by atoms with E-state index in [0.29, 0.717) is 6.42 Å². The molecule has 0 saturated carbocycles. The SMILES string of the molecule is Cc1ccc(C(CC(=O)Cl)c2ccc(C)cc2)cc1. The molecule has 1 nitrogen and oxygen atoms in total. The zero-order chi connectivity index (χ0) is 13.8. The molecule has 0 atom stereocenters. The lowest BCUT2D eigenvalue weighted by Crippen LogP contribution is -2.05. The maximum absolute atomic E-state index is 11.3. The van der Waals surface area contributed by atoms with E-state index in [-0.39, 0.29) is 11.2 Å². The number of hydrogen-bond donors (Lipinski definition) is 0. The number of carbonyl (C=O) groups excluding carboxylic acids is 1. The van der Waals surface area contributed by atoms with Gasteiger partial charge < -0.3 is 0 Å². The minimum atomic E-state index is -0.300. The van der Waals surface area contributed by atoms with Gasteiger partial charge in [-0.1, -0.05) is 59.7 Å². The van der Waals surface area contributed by atoms with Crippen LogP contribution >= 0.6 is 11.6 Å². The Morgan fingerprint density at radius 1 is 0.895 bits per heavy atom. The van der Waals surface area contributed by atoms with Gasteiger partial charge in [-0.15, -0.1) is 0 Å². The van der Waals surface area contributed by atoms with Gasteiger partial charge in [0.25, 0.3) is 0 Å². The zero-order valence-corrected chi connectivity index (χ0v) is 11.9. The van der Waals surface area contributed by atoms with Gasteiger partial charge in [0.05, 0.1) is 0 Å². The minimum absolute atomic E-state index is 0.0335. The second-order valence-electron chi connectivity index (χ2n) is 4.93. The molecule has 0 spiro atoms. The van der Waals surface area contributed by atoms with E-state index < -0.39 is 0 Å². The molecule has 0 aliphatic heterocycles. The molecule has 2 aromatic rings. The average molecular weight is 273 g/mol. The van der Waals surface area contributed by atoms with Gasteiger partial charge in [-0.05, 0) is 36.6 Å². The van der Waals surface area contributed by atoms with E-state index >= 15 is 0 Å². The van der Waals surface area contributed by atoms with Gasteiger partial charge in [0, 0.05) is 12.3 Å². The second-order valence-corrected chi connectivity index (χ2v) is 5.35. The van der Waals surface area contributed by atoms with Crippen molar-refractivity contribution >= 4 is 16.8 Å². The molecule has 0 saturated heterocycles. The van der Waals surface area contributed by atoms with Crippen LogP contribution in [0.3, 0.4) is 0 Å². The lowest BCUT2D eigenvalue weighted by Gasteiger charge is -2.16. The highest BCUT2D eigenvalue weighted by Crippen LogP contribution is 2.29. The van der Waals surface area contributed by atoms with Gasteiger partial charge in [0.15, 0.2) is 0 Å². The smallest absolute Gasteiger partial charge is 0.222 e. The van der Waals surface area contributed by atoms with Crippen molar-refractivity contribution in [1.82, 2.24) is 0 Å². The lowest BCUT2D eigenvalue weighted by molar-refractivity contribution is -0.111. The van der Waals surface area contributed by atoms with Crippen LogP contribution < -0.4 is 0 Å². The molecule has 98 valence electrons. The molecule has 2 heteroatoms. The van der Waals surface area contributed by atoms with E-state index in [1.165, 1.54) is 11.1 Å². The summed E-state index contributed by atoms with van der Waals surface area (Å²) in [5, 5.41) is -0.300. The third-order valence-electron chi connectivity index (χ3n) is 3.32. The Hall–Kier alpha value is -1.60. The molecule has 2 aromatic carbocycles. The van der Waals surface area contributed by atoms with E-state index in [1.54, 1.807) is 0 Å². The van der Waals surface area contributed by atoms with Crippen LogP contribution in [-0.4, -0.2) is 5.24 Å². The number of rotatable bonds is 4. The number of carbonyl (C=O) groups is 1. The van der Waals surface area contributed by atoms with E-state index in [9.17, 15) is 4.79 Å². The van der Waals surface area contributed by atoms with Gasteiger partial charge in [-0.25, -0.2) is 0 Å². The van der Waals surface area contributed by atoms with Crippen LogP contribution in [-0.2, 0) is 4.79 Å². The van der Waals surface area contributed by atoms with Crippen molar-refractivity contribution in [3.63, 3.8) is 0 Å². The van der Waals surface area contributed by atoms with Gasteiger partial charge in [-0.2, -0.15) is 0 Å². The lowest BCUT2D eigenvalue weighted by atomic mass is 9.88. The summed E-state index contributed by atoms with van der Waals surface area (Å²) in [6, 6.07) is 16.5. The van der Waals surface area contributed by atoms with Crippen LogP contribution in [0.5, 0.6) is 0 Å². The van der Waals surface area contributed by atoms with Crippen LogP contribution in [0, 0.1) is 13.8 Å². The summed E-state index contributed by atoms with van der Waals surface area (Å²) in [5.74, 6) is 0.0335. The quantitative estimate of drug-likeness (QED) is 0.744. The van der Waals surface area contributed by atoms with Crippen LogP contribution in [0.15, 0.2) is 48.5 Å².